The molecule has 2 heterocycles. The summed E-state index contributed by atoms with van der Waals surface area (Å²) in [5.41, 5.74) is -0.987. The van der Waals surface area contributed by atoms with Crippen molar-refractivity contribution >= 4 is 21.4 Å². The van der Waals surface area contributed by atoms with Crippen LogP contribution in [0.3, 0.4) is 0 Å². The lowest BCUT2D eigenvalue weighted by Crippen LogP contribution is -2.41. The van der Waals surface area contributed by atoms with Crippen LogP contribution >= 0.6 is 11.3 Å². The first-order chi connectivity index (χ1) is 11.0. The van der Waals surface area contributed by atoms with Crippen molar-refractivity contribution in [1.82, 2.24) is 4.72 Å². The van der Waals surface area contributed by atoms with E-state index in [1.54, 1.807) is 41.8 Å². The van der Waals surface area contributed by atoms with Gasteiger partial charge in [0, 0.05) is 5.56 Å². The average Bonchev–Trinajstić information content (AvgIpc) is 3.27. The van der Waals surface area contributed by atoms with Crippen LogP contribution in [0.15, 0.2) is 74.9 Å². The Bertz CT molecular complexity index is 807. The number of rotatable bonds is 6. The SMILES string of the molecule is O=S(=O)(NC[C@@](O)(c1ccsc1)c1ccco1)c1ccccc1. The summed E-state index contributed by atoms with van der Waals surface area (Å²) in [6.45, 7) is -0.228. The Morgan fingerprint density at radius 3 is 2.52 bits per heavy atom. The summed E-state index contributed by atoms with van der Waals surface area (Å²) in [4.78, 5) is 0.145. The zero-order valence-corrected chi connectivity index (χ0v) is 13.7. The molecule has 5 nitrogen and oxygen atoms in total. The Morgan fingerprint density at radius 2 is 1.91 bits per heavy atom. The number of benzene rings is 1. The van der Waals surface area contributed by atoms with Gasteiger partial charge in [0.15, 0.2) is 5.60 Å². The number of furan rings is 1. The molecule has 3 rings (SSSR count). The summed E-state index contributed by atoms with van der Waals surface area (Å²) in [6.07, 6.45) is 1.44. The molecule has 3 aromatic rings. The number of aliphatic hydroxyl groups is 1. The van der Waals surface area contributed by atoms with Gasteiger partial charge in [-0.15, -0.1) is 0 Å². The molecule has 1 atom stereocenters. The summed E-state index contributed by atoms with van der Waals surface area (Å²) in [5.74, 6) is 0.284. The minimum Gasteiger partial charge on any atom is -0.466 e. The summed E-state index contributed by atoms with van der Waals surface area (Å²) in [7, 11) is -3.72. The summed E-state index contributed by atoms with van der Waals surface area (Å²) < 4.78 is 32.5. The fraction of sp³-hybridized carbons (Fsp3) is 0.125. The Hall–Kier alpha value is -1.93. The van der Waals surface area contributed by atoms with E-state index in [0.29, 0.717) is 5.56 Å². The van der Waals surface area contributed by atoms with Crippen molar-refractivity contribution in [2.24, 2.45) is 0 Å². The number of sulfonamides is 1. The molecule has 0 fully saturated rings. The highest BCUT2D eigenvalue weighted by molar-refractivity contribution is 7.89. The second kappa shape index (κ2) is 6.29. The highest BCUT2D eigenvalue weighted by Gasteiger charge is 2.36. The van der Waals surface area contributed by atoms with Gasteiger partial charge in [-0.05, 0) is 41.1 Å². The van der Waals surface area contributed by atoms with Gasteiger partial charge in [-0.25, -0.2) is 13.1 Å². The minimum atomic E-state index is -3.72. The first kappa shape index (κ1) is 15.9. The Kier molecular flexibility index (Phi) is 4.36. The van der Waals surface area contributed by atoms with Crippen molar-refractivity contribution in [3.63, 3.8) is 0 Å². The lowest BCUT2D eigenvalue weighted by molar-refractivity contribution is 0.0623. The van der Waals surface area contributed by atoms with Gasteiger partial charge < -0.3 is 9.52 Å². The Balaban J connectivity index is 1.89. The van der Waals surface area contributed by atoms with Gasteiger partial charge >= 0.3 is 0 Å². The standard InChI is InChI=1S/C16H15NO4S2/c18-16(13-8-10-22-11-13,15-7-4-9-21-15)12-17-23(19,20)14-5-2-1-3-6-14/h1-11,17-18H,12H2/t16-/m1/s1. The molecule has 120 valence electrons. The average molecular weight is 349 g/mol. The maximum absolute atomic E-state index is 12.4. The molecule has 0 amide bonds. The van der Waals surface area contributed by atoms with E-state index in [1.807, 2.05) is 5.38 Å². The highest BCUT2D eigenvalue weighted by Crippen LogP contribution is 2.31. The van der Waals surface area contributed by atoms with Crippen molar-refractivity contribution in [3.8, 4) is 0 Å². The molecular formula is C16H15NO4S2. The van der Waals surface area contributed by atoms with Gasteiger partial charge in [-0.2, -0.15) is 11.3 Å². The Labute approximate surface area is 138 Å². The Morgan fingerprint density at radius 1 is 1.13 bits per heavy atom. The third-order valence-corrected chi connectivity index (χ3v) is 5.60. The predicted octanol–water partition coefficient (Wildman–Crippen LogP) is 2.56. The lowest BCUT2D eigenvalue weighted by Gasteiger charge is -2.25. The molecule has 1 aromatic carbocycles. The van der Waals surface area contributed by atoms with Crippen LogP contribution in [0.4, 0.5) is 0 Å². The van der Waals surface area contributed by atoms with Gasteiger partial charge in [0.2, 0.25) is 10.0 Å². The number of hydrogen-bond donors (Lipinski definition) is 2. The third kappa shape index (κ3) is 3.23. The molecule has 0 radical (unpaired) electrons. The van der Waals surface area contributed by atoms with Crippen LogP contribution in [0.25, 0.3) is 0 Å². The smallest absolute Gasteiger partial charge is 0.240 e. The topological polar surface area (TPSA) is 79.5 Å². The monoisotopic (exact) mass is 349 g/mol. The van der Waals surface area contributed by atoms with Crippen LogP contribution in [0.1, 0.15) is 11.3 Å². The fourth-order valence-corrected chi connectivity index (χ4v) is 4.03. The van der Waals surface area contributed by atoms with E-state index in [0.717, 1.165) is 0 Å². The maximum atomic E-state index is 12.4. The first-order valence-corrected chi connectivity index (χ1v) is 9.29. The van der Waals surface area contributed by atoms with Gasteiger partial charge in [-0.1, -0.05) is 18.2 Å². The van der Waals surface area contributed by atoms with Crippen LogP contribution in [0.2, 0.25) is 0 Å². The van der Waals surface area contributed by atoms with Gasteiger partial charge in [0.05, 0.1) is 17.7 Å². The third-order valence-electron chi connectivity index (χ3n) is 3.50. The molecule has 23 heavy (non-hydrogen) atoms. The molecule has 0 saturated carbocycles. The molecule has 0 aliphatic carbocycles. The minimum absolute atomic E-state index is 0.145. The van der Waals surface area contributed by atoms with Gasteiger partial charge in [0.25, 0.3) is 0 Å². The van der Waals surface area contributed by atoms with Crippen molar-refractivity contribution in [2.45, 2.75) is 10.5 Å². The molecule has 0 saturated heterocycles. The second-order valence-electron chi connectivity index (χ2n) is 4.99. The molecule has 0 bridgehead atoms. The van der Waals surface area contributed by atoms with Crippen LogP contribution in [0.5, 0.6) is 0 Å². The van der Waals surface area contributed by atoms with E-state index >= 15 is 0 Å². The van der Waals surface area contributed by atoms with Gasteiger partial charge in [-0.3, -0.25) is 0 Å². The van der Waals surface area contributed by atoms with Crippen molar-refractivity contribution < 1.29 is 17.9 Å². The van der Waals surface area contributed by atoms with Crippen LogP contribution in [0, 0.1) is 0 Å². The van der Waals surface area contributed by atoms with E-state index < -0.39 is 15.6 Å². The molecule has 0 aliphatic heterocycles. The van der Waals surface area contributed by atoms with E-state index in [-0.39, 0.29) is 17.2 Å². The molecular weight excluding hydrogens is 334 g/mol. The summed E-state index contributed by atoms with van der Waals surface area (Å²) in [5, 5.41) is 14.6. The fourth-order valence-electron chi connectivity index (χ4n) is 2.23. The van der Waals surface area contributed by atoms with Crippen molar-refractivity contribution in [2.75, 3.05) is 6.54 Å². The van der Waals surface area contributed by atoms with Crippen LogP contribution in [-0.4, -0.2) is 20.1 Å². The molecule has 7 heteroatoms. The number of thiophene rings is 1. The van der Waals surface area contributed by atoms with E-state index in [4.69, 9.17) is 4.42 Å². The summed E-state index contributed by atoms with van der Waals surface area (Å²) >= 11 is 1.41. The van der Waals surface area contributed by atoms with E-state index in [9.17, 15) is 13.5 Å². The normalized spacial score (nSPS) is 14.5. The predicted molar refractivity (Wildman–Crippen MR) is 87.7 cm³/mol. The molecule has 0 aliphatic rings. The zero-order chi connectivity index (χ0) is 16.3. The maximum Gasteiger partial charge on any atom is 0.240 e. The molecule has 2 aromatic heterocycles. The lowest BCUT2D eigenvalue weighted by atomic mass is 9.94. The first-order valence-electron chi connectivity index (χ1n) is 6.86. The largest absolute Gasteiger partial charge is 0.466 e. The highest BCUT2D eigenvalue weighted by atomic mass is 32.2. The second-order valence-corrected chi connectivity index (χ2v) is 7.53. The number of nitrogens with one attached hydrogen (secondary N) is 1. The molecule has 0 spiro atoms. The quantitative estimate of drug-likeness (QED) is 0.717. The molecule has 2 N–H and O–H groups in total. The van der Waals surface area contributed by atoms with E-state index in [1.165, 1.54) is 29.7 Å². The van der Waals surface area contributed by atoms with Gasteiger partial charge in [0.1, 0.15) is 5.76 Å². The van der Waals surface area contributed by atoms with Crippen molar-refractivity contribution in [1.29, 1.82) is 0 Å². The van der Waals surface area contributed by atoms with Crippen LogP contribution < -0.4 is 4.72 Å². The van der Waals surface area contributed by atoms with Crippen molar-refractivity contribution in [3.05, 3.63) is 76.9 Å². The zero-order valence-electron chi connectivity index (χ0n) is 12.0. The summed E-state index contributed by atoms with van der Waals surface area (Å²) in [6, 6.07) is 13.0. The van der Waals surface area contributed by atoms with Crippen LogP contribution in [-0.2, 0) is 15.6 Å². The van der Waals surface area contributed by atoms with E-state index in [2.05, 4.69) is 4.72 Å². The number of hydrogen-bond acceptors (Lipinski definition) is 5. The molecule has 0 unspecified atom stereocenters.